The predicted octanol–water partition coefficient (Wildman–Crippen LogP) is 1.98. The quantitative estimate of drug-likeness (QED) is 0.849. The van der Waals surface area contributed by atoms with E-state index in [1.165, 1.54) is 12.8 Å². The van der Waals surface area contributed by atoms with Crippen LogP contribution in [-0.2, 0) is 0 Å². The van der Waals surface area contributed by atoms with Crippen LogP contribution in [0.4, 0.5) is 5.69 Å². The molecule has 1 aliphatic heterocycles. The molecule has 0 unspecified atom stereocenters. The van der Waals surface area contributed by atoms with Gasteiger partial charge in [-0.2, -0.15) is 5.10 Å². The molecule has 0 radical (unpaired) electrons. The van der Waals surface area contributed by atoms with E-state index in [-0.39, 0.29) is 0 Å². The van der Waals surface area contributed by atoms with Gasteiger partial charge in [0.1, 0.15) is 11.5 Å². The zero-order chi connectivity index (χ0) is 11.8. The fraction of sp³-hybridized carbons (Fsp3) is 0.455. The van der Waals surface area contributed by atoms with E-state index in [9.17, 15) is 0 Å². The van der Waals surface area contributed by atoms with Crippen LogP contribution in [0.2, 0.25) is 0 Å². The van der Waals surface area contributed by atoms with E-state index >= 15 is 0 Å². The van der Waals surface area contributed by atoms with Crippen molar-refractivity contribution in [1.82, 2.24) is 20.0 Å². The van der Waals surface area contributed by atoms with Crippen LogP contribution in [0.1, 0.15) is 18.9 Å². The van der Waals surface area contributed by atoms with Crippen LogP contribution in [0.15, 0.2) is 28.2 Å². The molecule has 1 fully saturated rings. The number of halogens is 1. The van der Waals surface area contributed by atoms with Crippen molar-refractivity contribution in [2.45, 2.75) is 18.9 Å². The monoisotopic (exact) mass is 295 g/mol. The summed E-state index contributed by atoms with van der Waals surface area (Å²) in [6.45, 7) is 0.781. The normalized spacial score (nSPS) is 22.6. The Hall–Kier alpha value is -1.30. The molecule has 1 N–H and O–H groups in total. The van der Waals surface area contributed by atoms with E-state index in [0.717, 1.165) is 22.7 Å². The molecule has 1 saturated carbocycles. The van der Waals surface area contributed by atoms with E-state index in [1.807, 2.05) is 30.3 Å². The Morgan fingerprint density at radius 1 is 1.53 bits per heavy atom. The van der Waals surface area contributed by atoms with Gasteiger partial charge >= 0.3 is 0 Å². The van der Waals surface area contributed by atoms with Gasteiger partial charge in [-0.1, -0.05) is 0 Å². The zero-order valence-corrected chi connectivity index (χ0v) is 11.2. The fourth-order valence-corrected chi connectivity index (χ4v) is 2.41. The van der Waals surface area contributed by atoms with Crippen LogP contribution in [0.25, 0.3) is 0 Å². The highest BCUT2D eigenvalue weighted by molar-refractivity contribution is 9.11. The maximum atomic E-state index is 4.56. The van der Waals surface area contributed by atoms with Crippen molar-refractivity contribution in [3.8, 4) is 0 Å². The average molecular weight is 296 g/mol. The highest BCUT2D eigenvalue weighted by Crippen LogP contribution is 2.34. The molecule has 5 nitrogen and oxygen atoms in total. The molecule has 0 spiro atoms. The van der Waals surface area contributed by atoms with Crippen molar-refractivity contribution in [2.24, 2.45) is 4.99 Å². The summed E-state index contributed by atoms with van der Waals surface area (Å²) in [6.07, 6.45) is 8.31. The molecule has 90 valence electrons. The molecule has 1 aromatic heterocycles. The SMILES string of the molecule is CN1C=C(Br)NC(=Nc2cnn(C3CC3)c2)C1. The summed E-state index contributed by atoms with van der Waals surface area (Å²) in [5.41, 5.74) is 0.912. The van der Waals surface area contributed by atoms with E-state index in [4.69, 9.17) is 0 Å². The number of nitrogens with one attached hydrogen (secondary N) is 1. The summed E-state index contributed by atoms with van der Waals surface area (Å²) in [7, 11) is 2.02. The number of aliphatic imine (C=N–C) groups is 1. The number of nitrogens with zero attached hydrogens (tertiary/aromatic N) is 4. The summed E-state index contributed by atoms with van der Waals surface area (Å²) in [5, 5.41) is 7.52. The second kappa shape index (κ2) is 4.18. The van der Waals surface area contributed by atoms with E-state index < -0.39 is 0 Å². The van der Waals surface area contributed by atoms with Gasteiger partial charge in [0, 0.05) is 13.2 Å². The van der Waals surface area contributed by atoms with Crippen LogP contribution in [0.3, 0.4) is 0 Å². The van der Waals surface area contributed by atoms with Crippen molar-refractivity contribution in [1.29, 1.82) is 0 Å². The summed E-state index contributed by atoms with van der Waals surface area (Å²) in [6, 6.07) is 0.609. The van der Waals surface area contributed by atoms with Gasteiger partial charge < -0.3 is 10.2 Å². The second-order valence-electron chi connectivity index (χ2n) is 4.49. The molecule has 1 aromatic rings. The Balaban J connectivity index is 1.77. The van der Waals surface area contributed by atoms with Gasteiger partial charge in [-0.15, -0.1) is 0 Å². The molecule has 0 saturated heterocycles. The summed E-state index contributed by atoms with van der Waals surface area (Å²) in [5.74, 6) is 0.928. The first kappa shape index (κ1) is 10.8. The van der Waals surface area contributed by atoms with Crippen molar-refractivity contribution in [2.75, 3.05) is 13.6 Å². The number of aromatic nitrogens is 2. The molecule has 0 atom stereocenters. The van der Waals surface area contributed by atoms with Crippen LogP contribution in [0, 0.1) is 0 Å². The fourth-order valence-electron chi connectivity index (χ4n) is 1.83. The molecular formula is C11H14BrN5. The molecule has 0 amide bonds. The maximum absolute atomic E-state index is 4.56. The van der Waals surface area contributed by atoms with E-state index in [2.05, 4.69) is 36.2 Å². The summed E-state index contributed by atoms with van der Waals surface area (Å²) in [4.78, 5) is 6.63. The van der Waals surface area contributed by atoms with Crippen molar-refractivity contribution in [3.63, 3.8) is 0 Å². The summed E-state index contributed by atoms with van der Waals surface area (Å²) >= 11 is 3.43. The van der Waals surface area contributed by atoms with Gasteiger partial charge in [-0.3, -0.25) is 4.68 Å². The third-order valence-electron chi connectivity index (χ3n) is 2.77. The predicted molar refractivity (Wildman–Crippen MR) is 70.4 cm³/mol. The first-order valence-electron chi connectivity index (χ1n) is 5.67. The first-order valence-corrected chi connectivity index (χ1v) is 6.46. The Morgan fingerprint density at radius 2 is 2.35 bits per heavy atom. The second-order valence-corrected chi connectivity index (χ2v) is 5.34. The molecule has 0 aromatic carbocycles. The lowest BCUT2D eigenvalue weighted by molar-refractivity contribution is 0.505. The van der Waals surface area contributed by atoms with Gasteiger partial charge in [0.2, 0.25) is 0 Å². The minimum Gasteiger partial charge on any atom is -0.371 e. The van der Waals surface area contributed by atoms with Gasteiger partial charge in [-0.25, -0.2) is 4.99 Å². The minimum absolute atomic E-state index is 0.609. The van der Waals surface area contributed by atoms with E-state index in [0.29, 0.717) is 6.04 Å². The number of hydrogen-bond acceptors (Lipinski definition) is 3. The Bertz CT molecular complexity index is 486. The molecular weight excluding hydrogens is 282 g/mol. The lowest BCUT2D eigenvalue weighted by atomic mass is 10.4. The molecule has 0 bridgehead atoms. The van der Waals surface area contributed by atoms with Gasteiger partial charge in [0.05, 0.1) is 29.6 Å². The highest BCUT2D eigenvalue weighted by atomic mass is 79.9. The third kappa shape index (κ3) is 2.52. The number of amidine groups is 1. The van der Waals surface area contributed by atoms with Crippen LogP contribution < -0.4 is 5.32 Å². The molecule has 1 aliphatic carbocycles. The lowest BCUT2D eigenvalue weighted by Gasteiger charge is -2.22. The van der Waals surface area contributed by atoms with Gasteiger partial charge in [0.25, 0.3) is 0 Å². The topological polar surface area (TPSA) is 45.4 Å². The Kier molecular flexibility index (Phi) is 2.66. The summed E-state index contributed by atoms with van der Waals surface area (Å²) < 4.78 is 2.94. The molecule has 6 heteroatoms. The molecule has 3 rings (SSSR count). The first-order chi connectivity index (χ1) is 8.20. The number of hydrogen-bond donors (Lipinski definition) is 1. The minimum atomic E-state index is 0.609. The van der Waals surface area contributed by atoms with E-state index in [1.54, 1.807) is 0 Å². The third-order valence-corrected chi connectivity index (χ3v) is 3.17. The van der Waals surface area contributed by atoms with Crippen LogP contribution in [0.5, 0.6) is 0 Å². The highest BCUT2D eigenvalue weighted by Gasteiger charge is 2.24. The maximum Gasteiger partial charge on any atom is 0.127 e. The van der Waals surface area contributed by atoms with Crippen molar-refractivity contribution >= 4 is 27.5 Å². The number of rotatable bonds is 2. The van der Waals surface area contributed by atoms with Crippen LogP contribution >= 0.6 is 15.9 Å². The molecule has 2 aliphatic rings. The smallest absolute Gasteiger partial charge is 0.127 e. The van der Waals surface area contributed by atoms with Crippen LogP contribution in [-0.4, -0.2) is 34.1 Å². The lowest BCUT2D eigenvalue weighted by Crippen LogP contribution is -2.36. The van der Waals surface area contributed by atoms with Crippen molar-refractivity contribution < 1.29 is 0 Å². The largest absolute Gasteiger partial charge is 0.371 e. The zero-order valence-electron chi connectivity index (χ0n) is 9.60. The van der Waals surface area contributed by atoms with Crippen molar-refractivity contribution in [3.05, 3.63) is 23.2 Å². The number of likely N-dealkylation sites (N-methyl/N-ethyl adjacent to an activating group) is 1. The average Bonchev–Trinajstić information content (AvgIpc) is 2.99. The van der Waals surface area contributed by atoms with Gasteiger partial charge in [-0.05, 0) is 28.8 Å². The Morgan fingerprint density at radius 3 is 3.06 bits per heavy atom. The standard InChI is InChI=1S/C11H14BrN5/c1-16-6-10(12)15-11(7-16)14-8-4-13-17(5-8)9-2-3-9/h4-6,9H,2-3,7H2,1H3,(H,14,15). The molecule has 17 heavy (non-hydrogen) atoms. The molecule has 2 heterocycles. The Labute approximate surface area is 108 Å². The van der Waals surface area contributed by atoms with Gasteiger partial charge in [0.15, 0.2) is 0 Å².